The minimum absolute atomic E-state index is 0.0466. The van der Waals surface area contributed by atoms with E-state index in [0.717, 1.165) is 9.90 Å². The summed E-state index contributed by atoms with van der Waals surface area (Å²) in [6, 6.07) is 5.33. The monoisotopic (exact) mass is 333 g/mol. The molecule has 0 amide bonds. The number of aromatic nitrogens is 1. The van der Waals surface area contributed by atoms with Crippen LogP contribution >= 0.6 is 46.3 Å². The Labute approximate surface area is 128 Å². The third-order valence-electron chi connectivity index (χ3n) is 2.22. The standard InChI is InChI=1S/C12H9Cl2NO2S2/c13-8-1-2-10(14)7(3-8)5-18-12-15-9(6-19-12)4-11(16)17/h1-3,6H,4-5H2,(H,16,17). The number of hydrogen-bond donors (Lipinski definition) is 1. The maximum absolute atomic E-state index is 10.6. The Morgan fingerprint density at radius 3 is 2.95 bits per heavy atom. The highest BCUT2D eigenvalue weighted by Gasteiger charge is 2.08. The maximum Gasteiger partial charge on any atom is 0.309 e. The molecule has 100 valence electrons. The molecule has 0 spiro atoms. The molecule has 0 unspecified atom stereocenters. The van der Waals surface area contributed by atoms with E-state index in [9.17, 15) is 4.79 Å². The zero-order valence-electron chi connectivity index (χ0n) is 9.60. The van der Waals surface area contributed by atoms with E-state index in [2.05, 4.69) is 4.98 Å². The average Bonchev–Trinajstić information content (AvgIpc) is 2.77. The second-order valence-corrected chi connectivity index (χ2v) is 6.62. The van der Waals surface area contributed by atoms with Crippen LogP contribution in [0.1, 0.15) is 11.3 Å². The largest absolute Gasteiger partial charge is 0.481 e. The summed E-state index contributed by atoms with van der Waals surface area (Å²) >= 11 is 14.9. The molecule has 1 aromatic carbocycles. The van der Waals surface area contributed by atoms with Crippen LogP contribution in [-0.4, -0.2) is 16.1 Å². The van der Waals surface area contributed by atoms with E-state index in [-0.39, 0.29) is 6.42 Å². The number of nitrogens with zero attached hydrogens (tertiary/aromatic N) is 1. The Kier molecular flexibility index (Phi) is 5.10. The molecule has 0 aliphatic rings. The summed E-state index contributed by atoms with van der Waals surface area (Å²) in [5, 5.41) is 11.7. The lowest BCUT2D eigenvalue weighted by molar-refractivity contribution is -0.136. The second-order valence-electron chi connectivity index (χ2n) is 3.70. The van der Waals surface area contributed by atoms with Gasteiger partial charge in [-0.25, -0.2) is 4.98 Å². The highest BCUT2D eigenvalue weighted by Crippen LogP contribution is 2.30. The van der Waals surface area contributed by atoms with E-state index in [1.165, 1.54) is 23.1 Å². The van der Waals surface area contributed by atoms with Gasteiger partial charge in [0.25, 0.3) is 0 Å². The number of carbonyl (C=O) groups is 1. The van der Waals surface area contributed by atoms with Gasteiger partial charge in [-0.3, -0.25) is 4.79 Å². The first-order chi connectivity index (χ1) is 9.04. The zero-order chi connectivity index (χ0) is 13.8. The third-order valence-corrected chi connectivity index (χ3v) is 4.94. The van der Waals surface area contributed by atoms with Gasteiger partial charge in [0.15, 0.2) is 0 Å². The fourth-order valence-corrected chi connectivity index (χ4v) is 3.68. The Morgan fingerprint density at radius 2 is 2.21 bits per heavy atom. The first-order valence-corrected chi connectivity index (χ1v) is 7.89. The Morgan fingerprint density at radius 1 is 1.42 bits per heavy atom. The molecule has 0 aliphatic carbocycles. The molecule has 0 fully saturated rings. The van der Waals surface area contributed by atoms with Gasteiger partial charge in [-0.15, -0.1) is 11.3 Å². The summed E-state index contributed by atoms with van der Waals surface area (Å²) in [6.45, 7) is 0. The van der Waals surface area contributed by atoms with Crippen LogP contribution in [0.15, 0.2) is 27.9 Å². The van der Waals surface area contributed by atoms with Crippen molar-refractivity contribution in [1.29, 1.82) is 0 Å². The van der Waals surface area contributed by atoms with E-state index in [1.807, 2.05) is 6.07 Å². The van der Waals surface area contributed by atoms with Crippen molar-refractivity contribution in [2.45, 2.75) is 16.5 Å². The fourth-order valence-electron chi connectivity index (χ4n) is 1.38. The lowest BCUT2D eigenvalue weighted by atomic mass is 10.2. The van der Waals surface area contributed by atoms with Crippen LogP contribution in [0.25, 0.3) is 0 Å². The van der Waals surface area contributed by atoms with Gasteiger partial charge < -0.3 is 5.11 Å². The lowest BCUT2D eigenvalue weighted by Crippen LogP contribution is -1.99. The van der Waals surface area contributed by atoms with Gasteiger partial charge >= 0.3 is 5.97 Å². The molecular formula is C12H9Cl2NO2S2. The smallest absolute Gasteiger partial charge is 0.309 e. The van der Waals surface area contributed by atoms with Gasteiger partial charge in [0, 0.05) is 21.2 Å². The fraction of sp³-hybridized carbons (Fsp3) is 0.167. The van der Waals surface area contributed by atoms with Crippen molar-refractivity contribution in [3.63, 3.8) is 0 Å². The van der Waals surface area contributed by atoms with E-state index in [1.54, 1.807) is 17.5 Å². The molecule has 0 aliphatic heterocycles. The molecule has 2 rings (SSSR count). The van der Waals surface area contributed by atoms with Gasteiger partial charge in [-0.2, -0.15) is 0 Å². The molecule has 2 aromatic rings. The third kappa shape index (κ3) is 4.38. The topological polar surface area (TPSA) is 50.2 Å². The van der Waals surface area contributed by atoms with Crippen LogP contribution in [0, 0.1) is 0 Å². The molecule has 0 saturated heterocycles. The van der Waals surface area contributed by atoms with Crippen LogP contribution in [0.3, 0.4) is 0 Å². The highest BCUT2D eigenvalue weighted by molar-refractivity contribution is 8.00. The van der Waals surface area contributed by atoms with Gasteiger partial charge in [0.05, 0.1) is 12.1 Å². The lowest BCUT2D eigenvalue weighted by Gasteiger charge is -2.02. The Hall–Kier alpha value is -0.750. The number of halogens is 2. The summed E-state index contributed by atoms with van der Waals surface area (Å²) < 4.78 is 0.826. The predicted octanol–water partition coefficient (Wildman–Crippen LogP) is 4.37. The number of thiazole rings is 1. The SMILES string of the molecule is O=C(O)Cc1csc(SCc2cc(Cl)ccc2Cl)n1. The van der Waals surface area contributed by atoms with Gasteiger partial charge in [0.1, 0.15) is 4.34 Å². The summed E-state index contributed by atoms with van der Waals surface area (Å²) in [5.41, 5.74) is 1.52. The zero-order valence-corrected chi connectivity index (χ0v) is 12.7. The van der Waals surface area contributed by atoms with Crippen molar-refractivity contribution in [2.75, 3.05) is 0 Å². The molecular weight excluding hydrogens is 325 g/mol. The molecule has 3 nitrogen and oxygen atoms in total. The molecule has 0 radical (unpaired) electrons. The Bertz CT molecular complexity index is 601. The van der Waals surface area contributed by atoms with Crippen molar-refractivity contribution in [1.82, 2.24) is 4.98 Å². The minimum atomic E-state index is -0.875. The van der Waals surface area contributed by atoms with Crippen molar-refractivity contribution in [3.8, 4) is 0 Å². The van der Waals surface area contributed by atoms with Crippen LogP contribution in [0.4, 0.5) is 0 Å². The number of hydrogen-bond acceptors (Lipinski definition) is 4. The predicted molar refractivity (Wildman–Crippen MR) is 79.5 cm³/mol. The molecule has 0 atom stereocenters. The number of benzene rings is 1. The molecule has 7 heteroatoms. The second kappa shape index (κ2) is 6.61. The van der Waals surface area contributed by atoms with E-state index >= 15 is 0 Å². The summed E-state index contributed by atoms with van der Waals surface area (Å²) in [7, 11) is 0. The van der Waals surface area contributed by atoms with E-state index in [0.29, 0.717) is 21.5 Å². The number of rotatable bonds is 5. The molecule has 1 aromatic heterocycles. The van der Waals surface area contributed by atoms with Gasteiger partial charge in [0.2, 0.25) is 0 Å². The van der Waals surface area contributed by atoms with Crippen molar-refractivity contribution in [3.05, 3.63) is 44.9 Å². The molecule has 1 N–H and O–H groups in total. The average molecular weight is 334 g/mol. The van der Waals surface area contributed by atoms with E-state index < -0.39 is 5.97 Å². The minimum Gasteiger partial charge on any atom is -0.481 e. The molecule has 19 heavy (non-hydrogen) atoms. The molecule has 0 saturated carbocycles. The van der Waals surface area contributed by atoms with Crippen LogP contribution in [0.5, 0.6) is 0 Å². The van der Waals surface area contributed by atoms with Crippen LogP contribution in [-0.2, 0) is 17.0 Å². The number of thioether (sulfide) groups is 1. The van der Waals surface area contributed by atoms with Crippen molar-refractivity contribution in [2.24, 2.45) is 0 Å². The highest BCUT2D eigenvalue weighted by atomic mass is 35.5. The first-order valence-electron chi connectivity index (χ1n) is 5.27. The number of carboxylic acid groups (broad SMARTS) is 1. The summed E-state index contributed by atoms with van der Waals surface area (Å²) in [5.74, 6) is -0.223. The van der Waals surface area contributed by atoms with Crippen LogP contribution < -0.4 is 0 Å². The normalized spacial score (nSPS) is 10.6. The van der Waals surface area contributed by atoms with Crippen molar-refractivity contribution < 1.29 is 9.90 Å². The summed E-state index contributed by atoms with van der Waals surface area (Å²) in [6.07, 6.45) is -0.0466. The number of aliphatic carboxylic acids is 1. The quantitative estimate of drug-likeness (QED) is 0.825. The van der Waals surface area contributed by atoms with Gasteiger partial charge in [-0.1, -0.05) is 35.0 Å². The van der Waals surface area contributed by atoms with Gasteiger partial charge in [-0.05, 0) is 23.8 Å². The maximum atomic E-state index is 10.6. The molecule has 0 bridgehead atoms. The first kappa shape index (κ1) is 14.7. The van der Waals surface area contributed by atoms with Crippen LogP contribution in [0.2, 0.25) is 10.0 Å². The Balaban J connectivity index is 2.00. The molecule has 1 heterocycles. The van der Waals surface area contributed by atoms with E-state index in [4.69, 9.17) is 28.3 Å². The van der Waals surface area contributed by atoms with Crippen molar-refractivity contribution >= 4 is 52.3 Å². The number of carboxylic acids is 1. The summed E-state index contributed by atoms with van der Waals surface area (Å²) in [4.78, 5) is 14.8.